The highest BCUT2D eigenvalue weighted by molar-refractivity contribution is 5.97. The molecule has 5 heteroatoms. The van der Waals surface area contributed by atoms with Crippen molar-refractivity contribution in [2.24, 2.45) is 5.73 Å². The minimum Gasteiger partial charge on any atom is -0.457 e. The van der Waals surface area contributed by atoms with E-state index in [1.165, 1.54) is 18.2 Å². The third-order valence-corrected chi connectivity index (χ3v) is 2.67. The van der Waals surface area contributed by atoms with Gasteiger partial charge in [-0.15, -0.1) is 0 Å². The van der Waals surface area contributed by atoms with E-state index in [0.717, 1.165) is 5.56 Å². The second kappa shape index (κ2) is 6.16. The highest BCUT2D eigenvalue weighted by Crippen LogP contribution is 2.26. The van der Waals surface area contributed by atoms with Crippen LogP contribution in [0.5, 0.6) is 11.5 Å². The van der Waals surface area contributed by atoms with E-state index in [4.69, 9.17) is 20.6 Å². The van der Waals surface area contributed by atoms with Crippen molar-refractivity contribution < 1.29 is 13.9 Å². The fourth-order valence-corrected chi connectivity index (χ4v) is 1.79. The van der Waals surface area contributed by atoms with Crippen molar-refractivity contribution in [3.63, 3.8) is 0 Å². The number of benzene rings is 2. The van der Waals surface area contributed by atoms with E-state index in [9.17, 15) is 4.39 Å². The van der Waals surface area contributed by atoms with Crippen molar-refractivity contribution in [3.05, 3.63) is 59.4 Å². The standard InChI is InChI=1S/C15H15FN2O2/c1-19-9-10-3-2-4-12(7-10)20-14-6-5-11(16)8-13(14)15(17)18/h2-8H,9H2,1H3,(H3,17,18). The van der Waals surface area contributed by atoms with Gasteiger partial charge < -0.3 is 15.2 Å². The highest BCUT2D eigenvalue weighted by Gasteiger charge is 2.09. The van der Waals surface area contributed by atoms with Crippen LogP contribution in [-0.4, -0.2) is 12.9 Å². The quantitative estimate of drug-likeness (QED) is 0.650. The number of hydrogen-bond acceptors (Lipinski definition) is 3. The predicted molar refractivity (Wildman–Crippen MR) is 74.6 cm³/mol. The van der Waals surface area contributed by atoms with Crippen LogP contribution in [0, 0.1) is 11.2 Å². The van der Waals surface area contributed by atoms with Gasteiger partial charge in [0, 0.05) is 7.11 Å². The fourth-order valence-electron chi connectivity index (χ4n) is 1.79. The zero-order valence-corrected chi connectivity index (χ0v) is 11.0. The van der Waals surface area contributed by atoms with Gasteiger partial charge in [-0.25, -0.2) is 4.39 Å². The van der Waals surface area contributed by atoms with E-state index in [2.05, 4.69) is 0 Å². The Morgan fingerprint density at radius 2 is 2.05 bits per heavy atom. The molecule has 20 heavy (non-hydrogen) atoms. The lowest BCUT2D eigenvalue weighted by Crippen LogP contribution is -2.12. The SMILES string of the molecule is COCc1cccc(Oc2ccc(F)cc2C(=N)N)c1. The number of methoxy groups -OCH3 is 1. The minimum atomic E-state index is -0.462. The molecule has 0 radical (unpaired) electrons. The average Bonchev–Trinajstić information content (AvgIpc) is 2.41. The van der Waals surface area contributed by atoms with Crippen molar-refractivity contribution in [3.8, 4) is 11.5 Å². The minimum absolute atomic E-state index is 0.224. The van der Waals surface area contributed by atoms with Gasteiger partial charge in [0.15, 0.2) is 0 Å². The van der Waals surface area contributed by atoms with Crippen LogP contribution < -0.4 is 10.5 Å². The van der Waals surface area contributed by atoms with E-state index >= 15 is 0 Å². The Morgan fingerprint density at radius 1 is 1.25 bits per heavy atom. The lowest BCUT2D eigenvalue weighted by atomic mass is 10.1. The van der Waals surface area contributed by atoms with Crippen molar-refractivity contribution in [2.75, 3.05) is 7.11 Å². The summed E-state index contributed by atoms with van der Waals surface area (Å²) < 4.78 is 23.9. The Kier molecular flexibility index (Phi) is 4.32. The Labute approximate surface area is 116 Å². The maximum atomic E-state index is 13.2. The maximum absolute atomic E-state index is 13.2. The zero-order valence-electron chi connectivity index (χ0n) is 11.0. The molecule has 0 aliphatic heterocycles. The zero-order chi connectivity index (χ0) is 14.5. The van der Waals surface area contributed by atoms with E-state index in [0.29, 0.717) is 18.1 Å². The Hall–Kier alpha value is -2.40. The fraction of sp³-hybridized carbons (Fsp3) is 0.133. The highest BCUT2D eigenvalue weighted by atomic mass is 19.1. The molecule has 0 atom stereocenters. The molecule has 0 amide bonds. The van der Waals surface area contributed by atoms with Crippen LogP contribution in [0.4, 0.5) is 4.39 Å². The summed E-state index contributed by atoms with van der Waals surface area (Å²) in [7, 11) is 1.61. The predicted octanol–water partition coefficient (Wildman–Crippen LogP) is 3.05. The first-order chi connectivity index (χ1) is 9.60. The molecule has 104 valence electrons. The van der Waals surface area contributed by atoms with Gasteiger partial charge in [0.05, 0.1) is 12.2 Å². The Bertz CT molecular complexity index is 629. The molecule has 0 aliphatic rings. The number of nitrogens with one attached hydrogen (secondary N) is 1. The van der Waals surface area contributed by atoms with Crippen LogP contribution in [0.3, 0.4) is 0 Å². The van der Waals surface area contributed by atoms with Gasteiger partial charge in [0.1, 0.15) is 23.2 Å². The van der Waals surface area contributed by atoms with Crippen LogP contribution in [0.15, 0.2) is 42.5 Å². The molecule has 0 fully saturated rings. The van der Waals surface area contributed by atoms with Crippen LogP contribution in [0.2, 0.25) is 0 Å². The number of ether oxygens (including phenoxy) is 2. The van der Waals surface area contributed by atoms with Gasteiger partial charge in [-0.2, -0.15) is 0 Å². The topological polar surface area (TPSA) is 68.3 Å². The van der Waals surface area contributed by atoms with Crippen molar-refractivity contribution in [2.45, 2.75) is 6.61 Å². The molecule has 2 aromatic carbocycles. The molecular weight excluding hydrogens is 259 g/mol. The van der Waals surface area contributed by atoms with Gasteiger partial charge in [0.25, 0.3) is 0 Å². The first kappa shape index (κ1) is 14.0. The summed E-state index contributed by atoms with van der Waals surface area (Å²) in [6.45, 7) is 0.472. The Balaban J connectivity index is 2.30. The van der Waals surface area contributed by atoms with E-state index < -0.39 is 5.82 Å². The van der Waals surface area contributed by atoms with Crippen LogP contribution >= 0.6 is 0 Å². The lowest BCUT2D eigenvalue weighted by molar-refractivity contribution is 0.184. The summed E-state index contributed by atoms with van der Waals surface area (Å²) in [5.74, 6) is 0.213. The molecule has 4 nitrogen and oxygen atoms in total. The van der Waals surface area contributed by atoms with E-state index in [-0.39, 0.29) is 11.4 Å². The number of rotatable bonds is 5. The molecule has 0 aromatic heterocycles. The first-order valence-corrected chi connectivity index (χ1v) is 6.00. The van der Waals surface area contributed by atoms with Gasteiger partial charge in [0.2, 0.25) is 0 Å². The second-order valence-electron chi connectivity index (χ2n) is 4.24. The van der Waals surface area contributed by atoms with Crippen molar-refractivity contribution in [1.82, 2.24) is 0 Å². The normalized spacial score (nSPS) is 10.3. The van der Waals surface area contributed by atoms with Gasteiger partial charge in [-0.3, -0.25) is 5.41 Å². The van der Waals surface area contributed by atoms with Gasteiger partial charge in [-0.1, -0.05) is 12.1 Å². The molecule has 0 unspecified atom stereocenters. The summed E-state index contributed by atoms with van der Waals surface area (Å²) in [6, 6.07) is 11.2. The van der Waals surface area contributed by atoms with Crippen LogP contribution in [-0.2, 0) is 11.3 Å². The molecule has 3 N–H and O–H groups in total. The molecule has 2 aromatic rings. The molecule has 0 spiro atoms. The summed E-state index contributed by atoms with van der Waals surface area (Å²) in [5.41, 5.74) is 6.61. The number of nitrogens with two attached hydrogens (primary N) is 1. The molecule has 0 saturated heterocycles. The molecular formula is C15H15FN2O2. The molecule has 0 bridgehead atoms. The lowest BCUT2D eigenvalue weighted by Gasteiger charge is -2.11. The van der Waals surface area contributed by atoms with Crippen molar-refractivity contribution in [1.29, 1.82) is 5.41 Å². The third kappa shape index (κ3) is 3.33. The average molecular weight is 274 g/mol. The molecule has 0 aliphatic carbocycles. The molecule has 2 rings (SSSR count). The largest absolute Gasteiger partial charge is 0.457 e. The summed E-state index contributed by atoms with van der Waals surface area (Å²) in [6.07, 6.45) is 0. The van der Waals surface area contributed by atoms with Gasteiger partial charge >= 0.3 is 0 Å². The smallest absolute Gasteiger partial charge is 0.138 e. The number of nitrogen functional groups attached to an aromatic ring is 1. The van der Waals surface area contributed by atoms with Gasteiger partial charge in [-0.05, 0) is 35.9 Å². The van der Waals surface area contributed by atoms with E-state index in [1.807, 2.05) is 18.2 Å². The number of hydrogen-bond donors (Lipinski definition) is 2. The van der Waals surface area contributed by atoms with E-state index in [1.54, 1.807) is 13.2 Å². The summed E-state index contributed by atoms with van der Waals surface area (Å²) >= 11 is 0. The number of halogens is 1. The second-order valence-corrected chi connectivity index (χ2v) is 4.24. The molecule has 0 heterocycles. The van der Waals surface area contributed by atoms with Crippen LogP contribution in [0.25, 0.3) is 0 Å². The summed E-state index contributed by atoms with van der Waals surface area (Å²) in [5, 5.41) is 7.46. The van der Waals surface area contributed by atoms with Crippen LogP contribution in [0.1, 0.15) is 11.1 Å². The monoisotopic (exact) mass is 274 g/mol. The molecule has 0 saturated carbocycles. The summed E-state index contributed by atoms with van der Waals surface area (Å²) in [4.78, 5) is 0. The first-order valence-electron chi connectivity index (χ1n) is 6.00. The number of amidine groups is 1. The van der Waals surface area contributed by atoms with Crippen molar-refractivity contribution >= 4 is 5.84 Å². The third-order valence-electron chi connectivity index (χ3n) is 2.67. The Morgan fingerprint density at radius 3 is 2.75 bits per heavy atom. The maximum Gasteiger partial charge on any atom is 0.138 e.